The van der Waals surface area contributed by atoms with Gasteiger partial charge >= 0.3 is 6.09 Å². The van der Waals surface area contributed by atoms with Crippen LogP contribution < -0.4 is 16.6 Å². The highest BCUT2D eigenvalue weighted by Gasteiger charge is 2.33. The normalized spacial score (nSPS) is 15.4. The molecule has 10 nitrogen and oxygen atoms in total. The van der Waals surface area contributed by atoms with Gasteiger partial charge in [0.05, 0.1) is 28.6 Å². The SMILES string of the molecule is Cc1cc(Br)cc(Cl)c1-n1cnc(N)c(C(=O)Nc2cncc([C@@H]3CCCN3C(=O)OC(C)(C)C)c2)c1=O. The molecule has 1 saturated heterocycles. The van der Waals surface area contributed by atoms with E-state index in [0.29, 0.717) is 28.5 Å². The minimum absolute atomic E-state index is 0.217. The number of hydrogen-bond acceptors (Lipinski definition) is 7. The number of aryl methyl sites for hydroxylation is 1. The van der Waals surface area contributed by atoms with Crippen LogP contribution in [0.3, 0.4) is 0 Å². The first kappa shape index (κ1) is 27.6. The van der Waals surface area contributed by atoms with E-state index in [1.807, 2.05) is 20.8 Å². The van der Waals surface area contributed by atoms with Gasteiger partial charge in [0.15, 0.2) is 0 Å². The van der Waals surface area contributed by atoms with E-state index in [4.69, 9.17) is 22.1 Å². The van der Waals surface area contributed by atoms with Gasteiger partial charge in [0.25, 0.3) is 11.5 Å². The van der Waals surface area contributed by atoms with Crippen molar-refractivity contribution in [3.63, 3.8) is 0 Å². The molecule has 1 atom stereocenters. The average molecular weight is 604 g/mol. The van der Waals surface area contributed by atoms with E-state index in [1.54, 1.807) is 36.2 Å². The third-order valence-electron chi connectivity index (χ3n) is 5.97. The zero-order valence-corrected chi connectivity index (χ0v) is 23.8. The molecule has 3 N–H and O–H groups in total. The molecule has 1 aliphatic rings. The Hall–Kier alpha value is -3.44. The minimum Gasteiger partial charge on any atom is -0.444 e. The molecule has 0 saturated carbocycles. The molecule has 200 valence electrons. The Labute approximate surface area is 233 Å². The van der Waals surface area contributed by atoms with Crippen LogP contribution in [-0.2, 0) is 4.74 Å². The fraction of sp³-hybridized carbons (Fsp3) is 0.346. The van der Waals surface area contributed by atoms with Gasteiger partial charge in [-0.1, -0.05) is 27.5 Å². The summed E-state index contributed by atoms with van der Waals surface area (Å²) in [5.41, 5.74) is 6.52. The second-order valence-corrected chi connectivity index (χ2v) is 11.3. The van der Waals surface area contributed by atoms with E-state index in [2.05, 4.69) is 31.2 Å². The van der Waals surface area contributed by atoms with Gasteiger partial charge in [0.1, 0.15) is 23.3 Å². The molecule has 3 aromatic rings. The number of nitrogens with zero attached hydrogens (tertiary/aromatic N) is 4. The predicted octanol–water partition coefficient (Wildman–Crippen LogP) is 5.26. The Balaban J connectivity index is 1.62. The number of ether oxygens (including phenoxy) is 1. The number of carbonyl (C=O) groups is 2. The molecule has 0 bridgehead atoms. The highest BCUT2D eigenvalue weighted by molar-refractivity contribution is 9.10. The molecule has 1 fully saturated rings. The number of likely N-dealkylation sites (tertiary alicyclic amines) is 1. The molecule has 1 aromatic carbocycles. The van der Waals surface area contributed by atoms with Gasteiger partial charge in [-0.25, -0.2) is 9.78 Å². The number of carbonyl (C=O) groups excluding carboxylic acids is 2. The highest BCUT2D eigenvalue weighted by Crippen LogP contribution is 2.34. The summed E-state index contributed by atoms with van der Waals surface area (Å²) in [4.78, 5) is 49.3. The lowest BCUT2D eigenvalue weighted by Gasteiger charge is -2.28. The Bertz CT molecular complexity index is 1450. The van der Waals surface area contributed by atoms with Gasteiger partial charge in [-0.15, -0.1) is 0 Å². The van der Waals surface area contributed by atoms with Crippen LogP contribution in [0.15, 0.2) is 46.2 Å². The first-order chi connectivity index (χ1) is 17.9. The fourth-order valence-corrected chi connectivity index (χ4v) is 5.46. The lowest BCUT2D eigenvalue weighted by Crippen LogP contribution is -2.36. The summed E-state index contributed by atoms with van der Waals surface area (Å²) in [7, 11) is 0. The number of hydrogen-bond donors (Lipinski definition) is 2. The summed E-state index contributed by atoms with van der Waals surface area (Å²) >= 11 is 9.77. The molecular weight excluding hydrogens is 576 g/mol. The van der Waals surface area contributed by atoms with Crippen LogP contribution in [0.1, 0.15) is 61.1 Å². The molecule has 2 aromatic heterocycles. The van der Waals surface area contributed by atoms with Crippen molar-refractivity contribution in [1.29, 1.82) is 0 Å². The van der Waals surface area contributed by atoms with Crippen molar-refractivity contribution in [3.05, 3.63) is 73.5 Å². The third kappa shape index (κ3) is 5.83. The summed E-state index contributed by atoms with van der Waals surface area (Å²) in [6.45, 7) is 7.79. The van der Waals surface area contributed by atoms with Crippen LogP contribution in [0.2, 0.25) is 5.02 Å². The molecule has 0 spiro atoms. The van der Waals surface area contributed by atoms with Gasteiger partial charge < -0.3 is 20.7 Å². The first-order valence-corrected chi connectivity index (χ1v) is 13.1. The molecule has 0 radical (unpaired) electrons. The van der Waals surface area contributed by atoms with Crippen molar-refractivity contribution in [2.24, 2.45) is 0 Å². The van der Waals surface area contributed by atoms with E-state index >= 15 is 0 Å². The zero-order chi connectivity index (χ0) is 27.8. The molecule has 38 heavy (non-hydrogen) atoms. The Morgan fingerprint density at radius 3 is 2.66 bits per heavy atom. The summed E-state index contributed by atoms with van der Waals surface area (Å²) < 4.78 is 7.49. The predicted molar refractivity (Wildman–Crippen MR) is 149 cm³/mol. The van der Waals surface area contributed by atoms with Crippen LogP contribution in [0.4, 0.5) is 16.3 Å². The number of nitrogens with two attached hydrogens (primary N) is 1. The number of pyridine rings is 1. The van der Waals surface area contributed by atoms with E-state index in [-0.39, 0.29) is 17.4 Å². The van der Waals surface area contributed by atoms with Crippen LogP contribution in [0, 0.1) is 6.92 Å². The Morgan fingerprint density at radius 1 is 1.24 bits per heavy atom. The maximum absolute atomic E-state index is 13.4. The standard InChI is InChI=1S/C26H28BrClN6O4/c1-14-8-16(27)10-18(28)21(14)34-13-31-22(29)20(24(34)36)23(35)32-17-9-15(11-30-12-17)19-6-5-7-33(19)25(37)38-26(2,3)4/h8-13,19H,5-7,29H2,1-4H3,(H,32,35)/t19-/m0/s1. The van der Waals surface area contributed by atoms with Crippen molar-refractivity contribution in [3.8, 4) is 5.69 Å². The number of nitrogens with one attached hydrogen (secondary N) is 1. The number of anilines is 2. The maximum Gasteiger partial charge on any atom is 0.410 e. The highest BCUT2D eigenvalue weighted by atomic mass is 79.9. The van der Waals surface area contributed by atoms with Crippen LogP contribution in [0.5, 0.6) is 0 Å². The fourth-order valence-electron chi connectivity index (χ4n) is 4.39. The third-order valence-corrected chi connectivity index (χ3v) is 6.72. The Morgan fingerprint density at radius 2 is 1.97 bits per heavy atom. The Kier molecular flexibility index (Phi) is 7.80. The molecule has 0 aliphatic carbocycles. The number of aromatic nitrogens is 3. The van der Waals surface area contributed by atoms with Crippen molar-refractivity contribution in [2.45, 2.75) is 52.2 Å². The van der Waals surface area contributed by atoms with Crippen molar-refractivity contribution in [1.82, 2.24) is 19.4 Å². The van der Waals surface area contributed by atoms with Crippen LogP contribution in [0.25, 0.3) is 5.69 Å². The number of benzene rings is 1. The van der Waals surface area contributed by atoms with E-state index in [0.717, 1.165) is 22.9 Å². The monoisotopic (exact) mass is 602 g/mol. The molecule has 12 heteroatoms. The summed E-state index contributed by atoms with van der Waals surface area (Å²) in [5.74, 6) is -0.958. The summed E-state index contributed by atoms with van der Waals surface area (Å²) in [6, 6.07) is 4.91. The summed E-state index contributed by atoms with van der Waals surface area (Å²) in [6.07, 6.45) is 5.47. The quantitative estimate of drug-likeness (QED) is 0.416. The zero-order valence-electron chi connectivity index (χ0n) is 21.4. The smallest absolute Gasteiger partial charge is 0.410 e. The van der Waals surface area contributed by atoms with Gasteiger partial charge in [0, 0.05) is 17.2 Å². The second-order valence-electron chi connectivity index (χ2n) is 10.0. The molecule has 1 aliphatic heterocycles. The van der Waals surface area contributed by atoms with Gasteiger partial charge in [0.2, 0.25) is 0 Å². The van der Waals surface area contributed by atoms with Gasteiger partial charge in [-0.3, -0.25) is 19.1 Å². The second kappa shape index (κ2) is 10.7. The van der Waals surface area contributed by atoms with Crippen molar-refractivity contribution in [2.75, 3.05) is 17.6 Å². The van der Waals surface area contributed by atoms with E-state index in [1.165, 1.54) is 17.1 Å². The molecular formula is C26H28BrClN6O4. The molecule has 0 unspecified atom stereocenters. The number of rotatable bonds is 4. The lowest BCUT2D eigenvalue weighted by molar-refractivity contribution is 0.0224. The lowest BCUT2D eigenvalue weighted by atomic mass is 10.1. The van der Waals surface area contributed by atoms with Crippen LogP contribution >= 0.6 is 27.5 Å². The molecule has 2 amide bonds. The first-order valence-electron chi connectivity index (χ1n) is 11.9. The maximum atomic E-state index is 13.4. The van der Waals surface area contributed by atoms with Crippen molar-refractivity contribution >= 4 is 51.0 Å². The number of amides is 2. The van der Waals surface area contributed by atoms with Crippen molar-refractivity contribution < 1.29 is 14.3 Å². The van der Waals surface area contributed by atoms with Gasteiger partial charge in [-0.05, 0) is 69.9 Å². The van der Waals surface area contributed by atoms with Crippen LogP contribution in [-0.4, -0.2) is 43.6 Å². The number of nitrogen functional groups attached to an aromatic ring is 1. The van der Waals surface area contributed by atoms with E-state index in [9.17, 15) is 14.4 Å². The molecule has 3 heterocycles. The number of halogens is 2. The minimum atomic E-state index is -0.741. The van der Waals surface area contributed by atoms with E-state index < -0.39 is 23.2 Å². The topological polar surface area (TPSA) is 132 Å². The largest absolute Gasteiger partial charge is 0.444 e. The summed E-state index contributed by atoms with van der Waals surface area (Å²) in [5, 5.41) is 3.00. The molecule has 4 rings (SSSR count). The average Bonchev–Trinajstić information content (AvgIpc) is 3.29. The van der Waals surface area contributed by atoms with Gasteiger partial charge in [-0.2, -0.15) is 0 Å².